The summed E-state index contributed by atoms with van der Waals surface area (Å²) in [6, 6.07) is 0. The maximum atomic E-state index is 11.7. The second-order valence-corrected chi connectivity index (χ2v) is 4.35. The number of piperidine rings is 1. The van der Waals surface area contributed by atoms with E-state index < -0.39 is 0 Å². The molecule has 15 heavy (non-hydrogen) atoms. The number of hydrogen-bond donors (Lipinski definition) is 0. The fraction of sp³-hybridized carbons (Fsp3) is 0.818. The van der Waals surface area contributed by atoms with Crippen LogP contribution in [0.1, 0.15) is 38.5 Å². The third-order valence-electron chi connectivity index (χ3n) is 3.08. The van der Waals surface area contributed by atoms with Crippen LogP contribution in [0.2, 0.25) is 0 Å². The highest BCUT2D eigenvalue weighted by Gasteiger charge is 2.26. The van der Waals surface area contributed by atoms with Crippen LogP contribution in [0.5, 0.6) is 0 Å². The van der Waals surface area contributed by atoms with E-state index in [0.29, 0.717) is 13.0 Å². The molecule has 4 nitrogen and oxygen atoms in total. The van der Waals surface area contributed by atoms with E-state index in [-0.39, 0.29) is 24.5 Å². The first-order chi connectivity index (χ1) is 7.25. The zero-order valence-electron chi connectivity index (χ0n) is 8.91. The van der Waals surface area contributed by atoms with Gasteiger partial charge < -0.3 is 9.64 Å². The highest BCUT2D eigenvalue weighted by molar-refractivity contribution is 5.85. The summed E-state index contributed by atoms with van der Waals surface area (Å²) in [5.74, 6) is 0.143. The van der Waals surface area contributed by atoms with Gasteiger partial charge in [0.15, 0.2) is 5.78 Å². The lowest BCUT2D eigenvalue weighted by molar-refractivity contribution is -0.121. The number of Topliss-reactive ketones (excluding diaryl/α,β-unsaturated/α-hetero) is 1. The summed E-state index contributed by atoms with van der Waals surface area (Å²) < 4.78 is 5.33. The van der Waals surface area contributed by atoms with Crippen molar-refractivity contribution < 1.29 is 14.3 Å². The lowest BCUT2D eigenvalue weighted by Gasteiger charge is -2.26. The number of hydrogen-bond acceptors (Lipinski definition) is 3. The van der Waals surface area contributed by atoms with Gasteiger partial charge in [-0.25, -0.2) is 4.79 Å². The fourth-order valence-corrected chi connectivity index (χ4v) is 2.22. The fourth-order valence-electron chi connectivity index (χ4n) is 2.22. The Kier molecular flexibility index (Phi) is 3.23. The predicted molar refractivity (Wildman–Crippen MR) is 54.6 cm³/mol. The summed E-state index contributed by atoms with van der Waals surface area (Å²) in [6.45, 7) is 0.906. The molecule has 1 saturated heterocycles. The van der Waals surface area contributed by atoms with Gasteiger partial charge in [-0.15, -0.1) is 0 Å². The minimum absolute atomic E-state index is 0.0922. The highest BCUT2D eigenvalue weighted by Crippen LogP contribution is 2.22. The molecule has 2 rings (SSSR count). The van der Waals surface area contributed by atoms with E-state index >= 15 is 0 Å². The van der Waals surface area contributed by atoms with Gasteiger partial charge in [-0.1, -0.05) is 0 Å². The van der Waals surface area contributed by atoms with Crippen LogP contribution < -0.4 is 0 Å². The number of rotatable bonds is 1. The maximum Gasteiger partial charge on any atom is 0.410 e. The Morgan fingerprint density at radius 1 is 1.27 bits per heavy atom. The molecule has 0 radical (unpaired) electrons. The number of likely N-dealkylation sites (tertiary alicyclic amines) is 1. The first-order valence-electron chi connectivity index (χ1n) is 5.73. The van der Waals surface area contributed by atoms with E-state index in [1.807, 2.05) is 0 Å². The summed E-state index contributed by atoms with van der Waals surface area (Å²) in [7, 11) is 0. The first kappa shape index (κ1) is 10.5. The molecular formula is C11H17NO3. The molecule has 0 N–H and O–H groups in total. The van der Waals surface area contributed by atoms with E-state index in [1.54, 1.807) is 0 Å². The van der Waals surface area contributed by atoms with Crippen LogP contribution in [0.25, 0.3) is 0 Å². The van der Waals surface area contributed by atoms with Gasteiger partial charge in [-0.2, -0.15) is 0 Å². The average Bonchev–Trinajstić information content (AvgIpc) is 2.70. The Morgan fingerprint density at radius 2 is 2.00 bits per heavy atom. The predicted octanol–water partition coefficient (Wildman–Crippen LogP) is 1.73. The molecule has 0 unspecified atom stereocenters. The molecule has 4 heteroatoms. The lowest BCUT2D eigenvalue weighted by Crippen LogP contribution is -2.41. The Labute approximate surface area is 89.6 Å². The van der Waals surface area contributed by atoms with Crippen molar-refractivity contribution in [3.63, 3.8) is 0 Å². The maximum absolute atomic E-state index is 11.7. The molecule has 1 aliphatic carbocycles. The summed E-state index contributed by atoms with van der Waals surface area (Å²) >= 11 is 0. The van der Waals surface area contributed by atoms with Gasteiger partial charge in [0.25, 0.3) is 0 Å². The van der Waals surface area contributed by atoms with Crippen molar-refractivity contribution in [2.24, 2.45) is 0 Å². The second-order valence-electron chi connectivity index (χ2n) is 4.35. The smallest absolute Gasteiger partial charge is 0.410 e. The van der Waals surface area contributed by atoms with Gasteiger partial charge in [0.05, 0.1) is 6.54 Å². The molecule has 0 bridgehead atoms. The van der Waals surface area contributed by atoms with E-state index in [9.17, 15) is 9.59 Å². The standard InChI is InChI=1S/C11H17NO3/c13-9-4-3-7-12(8-9)11(14)15-10-5-1-2-6-10/h10H,1-8H2. The van der Waals surface area contributed by atoms with Gasteiger partial charge in [0.2, 0.25) is 0 Å². The molecule has 0 aromatic heterocycles. The van der Waals surface area contributed by atoms with Crippen LogP contribution in [0.3, 0.4) is 0 Å². The molecule has 2 fully saturated rings. The summed E-state index contributed by atoms with van der Waals surface area (Å²) in [6.07, 6.45) is 5.44. The Hall–Kier alpha value is -1.06. The van der Waals surface area contributed by atoms with Gasteiger partial charge in [0, 0.05) is 13.0 Å². The summed E-state index contributed by atoms with van der Waals surface area (Å²) in [4.78, 5) is 24.3. The zero-order valence-corrected chi connectivity index (χ0v) is 8.91. The Morgan fingerprint density at radius 3 is 2.67 bits per heavy atom. The molecule has 1 aliphatic heterocycles. The van der Waals surface area contributed by atoms with Gasteiger partial charge in [-0.3, -0.25) is 4.79 Å². The van der Waals surface area contributed by atoms with E-state index in [1.165, 1.54) is 4.90 Å². The van der Waals surface area contributed by atoms with Crippen molar-refractivity contribution in [3.8, 4) is 0 Å². The topological polar surface area (TPSA) is 46.6 Å². The summed E-state index contributed by atoms with van der Waals surface area (Å²) in [5.41, 5.74) is 0. The largest absolute Gasteiger partial charge is 0.446 e. The second kappa shape index (κ2) is 4.64. The minimum Gasteiger partial charge on any atom is -0.446 e. The van der Waals surface area contributed by atoms with Crippen molar-refractivity contribution in [1.29, 1.82) is 0 Å². The number of ether oxygens (including phenoxy) is 1. The highest BCUT2D eigenvalue weighted by atomic mass is 16.6. The molecule has 0 aromatic carbocycles. The normalized spacial score (nSPS) is 23.2. The van der Waals surface area contributed by atoms with Crippen LogP contribution in [0, 0.1) is 0 Å². The van der Waals surface area contributed by atoms with Crippen LogP contribution in [0.4, 0.5) is 4.79 Å². The monoisotopic (exact) mass is 211 g/mol. The minimum atomic E-state index is -0.296. The van der Waals surface area contributed by atoms with Crippen LogP contribution in [-0.4, -0.2) is 36.0 Å². The summed E-state index contributed by atoms with van der Waals surface area (Å²) in [5, 5.41) is 0. The van der Waals surface area contributed by atoms with Crippen molar-refractivity contribution in [2.45, 2.75) is 44.6 Å². The van der Waals surface area contributed by atoms with Gasteiger partial charge in [0.1, 0.15) is 6.10 Å². The van der Waals surface area contributed by atoms with Crippen molar-refractivity contribution in [3.05, 3.63) is 0 Å². The number of carbonyl (C=O) groups is 2. The number of amides is 1. The van der Waals surface area contributed by atoms with Crippen LogP contribution in [-0.2, 0) is 9.53 Å². The van der Waals surface area contributed by atoms with Crippen molar-refractivity contribution in [1.82, 2.24) is 4.90 Å². The Balaban J connectivity index is 1.81. The first-order valence-corrected chi connectivity index (χ1v) is 5.73. The molecule has 0 aromatic rings. The van der Waals surface area contributed by atoms with Crippen LogP contribution >= 0.6 is 0 Å². The zero-order chi connectivity index (χ0) is 10.7. The number of carbonyl (C=O) groups excluding carboxylic acids is 2. The molecule has 0 atom stereocenters. The number of nitrogens with zero attached hydrogens (tertiary/aromatic N) is 1. The van der Waals surface area contributed by atoms with E-state index in [0.717, 1.165) is 32.1 Å². The molecule has 84 valence electrons. The molecule has 1 amide bonds. The van der Waals surface area contributed by atoms with E-state index in [4.69, 9.17) is 4.74 Å². The van der Waals surface area contributed by atoms with Crippen molar-refractivity contribution >= 4 is 11.9 Å². The average molecular weight is 211 g/mol. The Bertz CT molecular complexity index is 259. The van der Waals surface area contributed by atoms with Crippen LogP contribution in [0.15, 0.2) is 0 Å². The molecule has 0 spiro atoms. The molecule has 1 heterocycles. The van der Waals surface area contributed by atoms with Gasteiger partial charge in [-0.05, 0) is 32.1 Å². The third kappa shape index (κ3) is 2.70. The molecule has 2 aliphatic rings. The quantitative estimate of drug-likeness (QED) is 0.663. The SMILES string of the molecule is O=C1CCCN(C(=O)OC2CCCC2)C1. The third-order valence-corrected chi connectivity index (χ3v) is 3.08. The van der Waals surface area contributed by atoms with E-state index in [2.05, 4.69) is 0 Å². The lowest BCUT2D eigenvalue weighted by atomic mass is 10.1. The van der Waals surface area contributed by atoms with Gasteiger partial charge >= 0.3 is 6.09 Å². The molecular weight excluding hydrogens is 194 g/mol. The van der Waals surface area contributed by atoms with Crippen molar-refractivity contribution in [2.75, 3.05) is 13.1 Å². The number of ketones is 1. The molecule has 1 saturated carbocycles.